The van der Waals surface area contributed by atoms with Crippen LogP contribution >= 0.6 is 0 Å². The minimum atomic E-state index is 0.0312. The van der Waals surface area contributed by atoms with Gasteiger partial charge in [0.25, 0.3) is 0 Å². The molecule has 0 saturated carbocycles. The lowest BCUT2D eigenvalue weighted by atomic mass is 9.97. The van der Waals surface area contributed by atoms with Crippen molar-refractivity contribution in [1.82, 2.24) is 0 Å². The van der Waals surface area contributed by atoms with Crippen LogP contribution in [0, 0.1) is 0 Å². The molecule has 2 heteroatoms. The molecule has 0 N–H and O–H groups in total. The standard InChI is InChI=1S/C30H32NO/c1-22-17-18-23(2)31(22,3)20-30(24-11-5-4-6-12-24)32-21-29-27-15-9-7-13-25(27)19-26-14-8-10-16-28(26)29/h4-19,22-23,30H,20-21H2,1-3H3/q+1/t22-,23-,30+/m1/s1. The Kier molecular flexibility index (Phi) is 5.58. The van der Waals surface area contributed by atoms with Crippen LogP contribution in [0.4, 0.5) is 0 Å². The van der Waals surface area contributed by atoms with E-state index in [0.717, 1.165) is 11.0 Å². The topological polar surface area (TPSA) is 9.23 Å². The van der Waals surface area contributed by atoms with Crippen molar-refractivity contribution in [3.8, 4) is 0 Å². The van der Waals surface area contributed by atoms with E-state index in [9.17, 15) is 0 Å². The van der Waals surface area contributed by atoms with Crippen LogP contribution in [-0.4, -0.2) is 30.2 Å². The van der Waals surface area contributed by atoms with Gasteiger partial charge >= 0.3 is 0 Å². The average Bonchev–Trinajstić information content (AvgIpc) is 3.08. The number of ether oxygens (including phenoxy) is 1. The zero-order valence-corrected chi connectivity index (χ0v) is 19.2. The van der Waals surface area contributed by atoms with Gasteiger partial charge in [-0.3, -0.25) is 0 Å². The number of hydrogen-bond donors (Lipinski definition) is 0. The molecule has 3 atom stereocenters. The predicted molar refractivity (Wildman–Crippen MR) is 135 cm³/mol. The van der Waals surface area contributed by atoms with Gasteiger partial charge in [-0.05, 0) is 64.7 Å². The molecule has 0 saturated heterocycles. The number of rotatable bonds is 6. The van der Waals surface area contributed by atoms with E-state index in [2.05, 4.69) is 118 Å². The number of benzene rings is 4. The number of nitrogens with zero attached hydrogens (tertiary/aromatic N) is 1. The molecule has 0 amide bonds. The fourth-order valence-corrected chi connectivity index (χ4v) is 5.15. The fourth-order valence-electron chi connectivity index (χ4n) is 5.15. The number of hydrogen-bond acceptors (Lipinski definition) is 1. The minimum absolute atomic E-state index is 0.0312. The monoisotopic (exact) mass is 422 g/mol. The molecule has 5 rings (SSSR count). The fraction of sp³-hybridized carbons (Fsp3) is 0.267. The summed E-state index contributed by atoms with van der Waals surface area (Å²) in [6.07, 6.45) is 4.74. The molecule has 2 nitrogen and oxygen atoms in total. The molecule has 4 aromatic carbocycles. The van der Waals surface area contributed by atoms with Gasteiger partial charge < -0.3 is 9.22 Å². The third kappa shape index (κ3) is 3.74. The van der Waals surface area contributed by atoms with E-state index in [1.807, 2.05) is 0 Å². The summed E-state index contributed by atoms with van der Waals surface area (Å²) in [5.41, 5.74) is 2.53. The van der Waals surface area contributed by atoms with E-state index in [1.165, 1.54) is 32.7 Å². The molecule has 0 aromatic heterocycles. The molecule has 0 aliphatic carbocycles. The second-order valence-electron chi connectivity index (χ2n) is 9.40. The SMILES string of the molecule is C[C@@H]1C=C[C@@H](C)[N+]1(C)C[C@H](OCc1c2ccccc2cc2ccccc12)c1ccccc1. The van der Waals surface area contributed by atoms with E-state index in [4.69, 9.17) is 4.74 Å². The van der Waals surface area contributed by atoms with E-state index >= 15 is 0 Å². The molecule has 0 radical (unpaired) electrons. The van der Waals surface area contributed by atoms with Crippen LogP contribution in [0.1, 0.15) is 31.1 Å². The predicted octanol–water partition coefficient (Wildman–Crippen LogP) is 7.04. The highest BCUT2D eigenvalue weighted by atomic mass is 16.5. The Morgan fingerprint density at radius 2 is 1.28 bits per heavy atom. The minimum Gasteiger partial charge on any atom is -0.363 e. The van der Waals surface area contributed by atoms with Gasteiger partial charge in [0.2, 0.25) is 0 Å². The molecular formula is C30H32NO+. The molecular weight excluding hydrogens is 390 g/mol. The van der Waals surface area contributed by atoms with Crippen molar-refractivity contribution in [2.45, 2.75) is 38.6 Å². The maximum Gasteiger partial charge on any atom is 0.132 e. The van der Waals surface area contributed by atoms with Crippen molar-refractivity contribution in [1.29, 1.82) is 0 Å². The molecule has 0 fully saturated rings. The highest BCUT2D eigenvalue weighted by Crippen LogP contribution is 2.34. The van der Waals surface area contributed by atoms with Crippen LogP contribution in [0.25, 0.3) is 21.5 Å². The van der Waals surface area contributed by atoms with Crippen molar-refractivity contribution in [3.63, 3.8) is 0 Å². The van der Waals surface area contributed by atoms with Crippen LogP contribution in [-0.2, 0) is 11.3 Å². The summed E-state index contributed by atoms with van der Waals surface area (Å²) in [4.78, 5) is 0. The zero-order valence-electron chi connectivity index (χ0n) is 19.2. The van der Waals surface area contributed by atoms with E-state index < -0.39 is 0 Å². The van der Waals surface area contributed by atoms with Gasteiger partial charge in [-0.1, -0.05) is 78.9 Å². The maximum absolute atomic E-state index is 6.81. The third-order valence-electron chi connectivity index (χ3n) is 7.57. The van der Waals surface area contributed by atoms with Crippen molar-refractivity contribution >= 4 is 21.5 Å². The lowest BCUT2D eigenvalue weighted by Gasteiger charge is -2.41. The summed E-state index contributed by atoms with van der Waals surface area (Å²) in [7, 11) is 2.36. The molecule has 1 aliphatic heterocycles. The Bertz CT molecular complexity index is 1190. The first-order valence-corrected chi connectivity index (χ1v) is 11.7. The van der Waals surface area contributed by atoms with Crippen molar-refractivity contribution < 1.29 is 9.22 Å². The van der Waals surface area contributed by atoms with Crippen LogP contribution in [0.15, 0.2) is 97.1 Å². The average molecular weight is 423 g/mol. The van der Waals surface area contributed by atoms with Crippen molar-refractivity contribution in [3.05, 3.63) is 108 Å². The van der Waals surface area contributed by atoms with Gasteiger partial charge in [0.1, 0.15) is 24.7 Å². The molecule has 4 aromatic rings. The van der Waals surface area contributed by atoms with E-state index in [0.29, 0.717) is 18.7 Å². The van der Waals surface area contributed by atoms with Gasteiger partial charge in [0.05, 0.1) is 13.7 Å². The van der Waals surface area contributed by atoms with Crippen LogP contribution in [0.5, 0.6) is 0 Å². The van der Waals surface area contributed by atoms with Crippen LogP contribution < -0.4 is 0 Å². The second-order valence-corrected chi connectivity index (χ2v) is 9.40. The Balaban J connectivity index is 1.52. The normalized spacial score (nSPS) is 20.7. The summed E-state index contributed by atoms with van der Waals surface area (Å²) in [5, 5.41) is 5.10. The molecule has 0 spiro atoms. The third-order valence-corrected chi connectivity index (χ3v) is 7.57. The first kappa shape index (κ1) is 20.9. The summed E-state index contributed by atoms with van der Waals surface area (Å²) in [6, 6.07) is 31.3. The van der Waals surface area contributed by atoms with E-state index in [1.54, 1.807) is 0 Å². The van der Waals surface area contributed by atoms with Crippen LogP contribution in [0.2, 0.25) is 0 Å². The molecule has 32 heavy (non-hydrogen) atoms. The molecule has 0 bridgehead atoms. The summed E-state index contributed by atoms with van der Waals surface area (Å²) >= 11 is 0. The summed E-state index contributed by atoms with van der Waals surface area (Å²) in [6.45, 7) is 6.18. The molecule has 162 valence electrons. The first-order chi connectivity index (χ1) is 15.6. The summed E-state index contributed by atoms with van der Waals surface area (Å²) in [5.74, 6) is 0. The lowest BCUT2D eigenvalue weighted by molar-refractivity contribution is -0.938. The molecule has 1 aliphatic rings. The number of likely N-dealkylation sites (N-methyl/N-ethyl adjacent to an activating group) is 1. The largest absolute Gasteiger partial charge is 0.363 e. The quantitative estimate of drug-likeness (QED) is 0.184. The Hall–Kier alpha value is -2.94. The van der Waals surface area contributed by atoms with E-state index in [-0.39, 0.29) is 6.10 Å². The van der Waals surface area contributed by atoms with Crippen molar-refractivity contribution in [2.75, 3.05) is 13.6 Å². The maximum atomic E-state index is 6.81. The van der Waals surface area contributed by atoms with Crippen LogP contribution in [0.3, 0.4) is 0 Å². The van der Waals surface area contributed by atoms with Gasteiger partial charge in [0, 0.05) is 0 Å². The Labute approximate surface area is 191 Å². The zero-order chi connectivity index (χ0) is 22.1. The number of quaternary nitrogens is 1. The second kappa shape index (κ2) is 8.54. The Morgan fingerprint density at radius 1 is 0.750 bits per heavy atom. The Morgan fingerprint density at radius 3 is 1.88 bits per heavy atom. The van der Waals surface area contributed by atoms with Gasteiger partial charge in [-0.25, -0.2) is 0 Å². The van der Waals surface area contributed by atoms with Gasteiger partial charge in [-0.2, -0.15) is 0 Å². The highest BCUT2D eigenvalue weighted by Gasteiger charge is 2.39. The van der Waals surface area contributed by atoms with Gasteiger partial charge in [-0.15, -0.1) is 0 Å². The van der Waals surface area contributed by atoms with Crippen molar-refractivity contribution in [2.24, 2.45) is 0 Å². The number of fused-ring (bicyclic) bond motifs is 2. The molecule has 1 heterocycles. The lowest BCUT2D eigenvalue weighted by Crippen LogP contribution is -2.54. The molecule has 0 unspecified atom stereocenters. The highest BCUT2D eigenvalue weighted by molar-refractivity contribution is 6.02. The smallest absolute Gasteiger partial charge is 0.132 e. The summed E-state index contributed by atoms with van der Waals surface area (Å²) < 4.78 is 7.78. The van der Waals surface area contributed by atoms with Gasteiger partial charge in [0.15, 0.2) is 0 Å². The first-order valence-electron chi connectivity index (χ1n) is 11.7.